The number of carbonyl (C=O) groups excluding carboxylic acids is 1. The number of hydrogen-bond donors (Lipinski definition) is 1. The average molecular weight is 360 g/mol. The molecule has 25 heavy (non-hydrogen) atoms. The first-order valence-corrected chi connectivity index (χ1v) is 8.33. The van der Waals surface area contributed by atoms with Crippen molar-refractivity contribution >= 4 is 23.1 Å². The summed E-state index contributed by atoms with van der Waals surface area (Å²) in [5.74, 6) is 1.45. The second kappa shape index (κ2) is 8.58. The fourth-order valence-corrected chi connectivity index (χ4v) is 2.55. The second-order valence-electron chi connectivity index (χ2n) is 5.81. The smallest absolute Gasteiger partial charge is 0.187 e. The Hall–Kier alpha value is -2.46. The predicted molar refractivity (Wildman–Crippen MR) is 102 cm³/mol. The molecule has 2 rings (SSSR count). The molecule has 132 valence electrons. The Bertz CT molecular complexity index is 767. The van der Waals surface area contributed by atoms with Crippen LogP contribution in [0.15, 0.2) is 48.7 Å². The van der Waals surface area contributed by atoms with E-state index in [0.29, 0.717) is 33.7 Å². The van der Waals surface area contributed by atoms with Crippen LogP contribution in [0.2, 0.25) is 5.02 Å². The Labute approximate surface area is 153 Å². The van der Waals surface area contributed by atoms with Gasteiger partial charge in [-0.15, -0.1) is 0 Å². The van der Waals surface area contributed by atoms with Gasteiger partial charge >= 0.3 is 0 Å². The van der Waals surface area contributed by atoms with Gasteiger partial charge in [0.1, 0.15) is 11.5 Å². The molecule has 0 fully saturated rings. The Morgan fingerprint density at radius 3 is 2.28 bits per heavy atom. The molecule has 0 radical (unpaired) electrons. The summed E-state index contributed by atoms with van der Waals surface area (Å²) in [5.41, 5.74) is 2.49. The molecule has 0 aliphatic carbocycles. The van der Waals surface area contributed by atoms with E-state index in [-0.39, 0.29) is 5.78 Å². The molecule has 0 aliphatic heterocycles. The highest BCUT2D eigenvalue weighted by molar-refractivity contribution is 6.32. The molecule has 5 heteroatoms. The van der Waals surface area contributed by atoms with Crippen molar-refractivity contribution in [2.45, 2.75) is 19.8 Å². The van der Waals surface area contributed by atoms with Gasteiger partial charge in [0.2, 0.25) is 0 Å². The number of carbonyl (C=O) groups is 1. The highest BCUT2D eigenvalue weighted by Gasteiger charge is 2.09. The first kappa shape index (κ1) is 18.9. The van der Waals surface area contributed by atoms with Gasteiger partial charge in [-0.05, 0) is 17.5 Å². The minimum Gasteiger partial charge on any atom is -0.495 e. The lowest BCUT2D eigenvalue weighted by Gasteiger charge is -2.11. The van der Waals surface area contributed by atoms with E-state index in [1.54, 1.807) is 25.4 Å². The normalized spacial score (nSPS) is 11.0. The molecule has 0 saturated heterocycles. The number of benzene rings is 2. The molecule has 0 bridgehead atoms. The summed E-state index contributed by atoms with van der Waals surface area (Å²) in [7, 11) is 3.09. The van der Waals surface area contributed by atoms with Crippen LogP contribution >= 0.6 is 11.6 Å². The molecule has 2 aromatic rings. The topological polar surface area (TPSA) is 47.6 Å². The lowest BCUT2D eigenvalue weighted by atomic mass is 10.0. The molecule has 4 nitrogen and oxygen atoms in total. The van der Waals surface area contributed by atoms with Crippen LogP contribution in [0.5, 0.6) is 11.5 Å². The van der Waals surface area contributed by atoms with E-state index in [2.05, 4.69) is 19.2 Å². The van der Waals surface area contributed by atoms with Gasteiger partial charge < -0.3 is 14.8 Å². The predicted octanol–water partition coefficient (Wildman–Crippen LogP) is 5.29. The number of halogens is 1. The fourth-order valence-electron chi connectivity index (χ4n) is 2.31. The number of ether oxygens (including phenoxy) is 2. The summed E-state index contributed by atoms with van der Waals surface area (Å²) in [6.45, 7) is 4.24. The molecule has 0 aliphatic rings. The van der Waals surface area contributed by atoms with Gasteiger partial charge in [-0.3, -0.25) is 4.79 Å². The zero-order valence-electron chi connectivity index (χ0n) is 14.8. The molecular weight excluding hydrogens is 338 g/mol. The van der Waals surface area contributed by atoms with Crippen LogP contribution in [0.3, 0.4) is 0 Å². The number of anilines is 1. The van der Waals surface area contributed by atoms with Crippen LogP contribution in [0.25, 0.3) is 0 Å². The van der Waals surface area contributed by atoms with Crippen LogP contribution in [0.4, 0.5) is 5.69 Å². The standard InChI is InChI=1S/C20H22ClNO3/c1-13(2)14-5-7-15(8-6-14)18(23)9-10-22-17-11-16(21)19(24-3)12-20(17)25-4/h5-13,22H,1-4H3. The van der Waals surface area contributed by atoms with E-state index in [1.807, 2.05) is 24.3 Å². The van der Waals surface area contributed by atoms with E-state index >= 15 is 0 Å². The van der Waals surface area contributed by atoms with Gasteiger partial charge in [-0.2, -0.15) is 0 Å². The summed E-state index contributed by atoms with van der Waals surface area (Å²) in [4.78, 5) is 12.2. The average Bonchev–Trinajstić information content (AvgIpc) is 2.61. The highest BCUT2D eigenvalue weighted by Crippen LogP contribution is 2.35. The van der Waals surface area contributed by atoms with Gasteiger partial charge in [0.15, 0.2) is 5.78 Å². The van der Waals surface area contributed by atoms with Crippen LogP contribution < -0.4 is 14.8 Å². The van der Waals surface area contributed by atoms with Gasteiger partial charge in [0.25, 0.3) is 0 Å². The minimum atomic E-state index is -0.0821. The SMILES string of the molecule is COc1cc(OC)c(NC=CC(=O)c2ccc(C(C)C)cc2)cc1Cl. The third-order valence-corrected chi connectivity index (χ3v) is 4.10. The van der Waals surface area contributed by atoms with Gasteiger partial charge in [-0.25, -0.2) is 0 Å². The number of hydrogen-bond acceptors (Lipinski definition) is 4. The summed E-state index contributed by atoms with van der Waals surface area (Å²) >= 11 is 6.12. The number of allylic oxidation sites excluding steroid dienone is 1. The molecule has 0 saturated carbocycles. The summed E-state index contributed by atoms with van der Waals surface area (Å²) in [5, 5.41) is 3.47. The Morgan fingerprint density at radius 1 is 1.08 bits per heavy atom. The summed E-state index contributed by atoms with van der Waals surface area (Å²) in [6.07, 6.45) is 3.04. The van der Waals surface area contributed by atoms with Crippen LogP contribution in [0, 0.1) is 0 Å². The number of nitrogens with one attached hydrogen (secondary N) is 1. The van der Waals surface area contributed by atoms with Crippen LogP contribution in [-0.2, 0) is 0 Å². The molecule has 2 aromatic carbocycles. The van der Waals surface area contributed by atoms with Crippen molar-refractivity contribution in [1.82, 2.24) is 0 Å². The highest BCUT2D eigenvalue weighted by atomic mass is 35.5. The summed E-state index contributed by atoms with van der Waals surface area (Å²) in [6, 6.07) is 11.0. The molecule has 0 aromatic heterocycles. The number of ketones is 1. The maximum atomic E-state index is 12.2. The Morgan fingerprint density at radius 2 is 1.72 bits per heavy atom. The molecule has 1 N–H and O–H groups in total. The third-order valence-electron chi connectivity index (χ3n) is 3.81. The van der Waals surface area contributed by atoms with Crippen molar-refractivity contribution in [2.24, 2.45) is 0 Å². The number of methoxy groups -OCH3 is 2. The van der Waals surface area contributed by atoms with Crippen molar-refractivity contribution in [3.05, 3.63) is 64.8 Å². The van der Waals surface area contributed by atoms with Gasteiger partial charge in [0, 0.05) is 23.9 Å². The molecule has 0 heterocycles. The Kier molecular flexibility index (Phi) is 6.48. The lowest BCUT2D eigenvalue weighted by molar-refractivity contribution is 0.104. The van der Waals surface area contributed by atoms with E-state index in [9.17, 15) is 4.79 Å². The van der Waals surface area contributed by atoms with Crippen molar-refractivity contribution in [3.63, 3.8) is 0 Å². The summed E-state index contributed by atoms with van der Waals surface area (Å²) < 4.78 is 10.5. The largest absolute Gasteiger partial charge is 0.495 e. The number of rotatable bonds is 7. The minimum absolute atomic E-state index is 0.0821. The molecule has 0 unspecified atom stereocenters. The zero-order chi connectivity index (χ0) is 18.4. The molecule has 0 spiro atoms. The van der Waals surface area contributed by atoms with E-state index in [0.717, 1.165) is 0 Å². The zero-order valence-corrected chi connectivity index (χ0v) is 15.6. The van der Waals surface area contributed by atoms with E-state index in [4.69, 9.17) is 21.1 Å². The molecule has 0 atom stereocenters. The maximum Gasteiger partial charge on any atom is 0.187 e. The first-order valence-electron chi connectivity index (χ1n) is 7.95. The Balaban J connectivity index is 2.10. The van der Waals surface area contributed by atoms with Crippen molar-refractivity contribution in [1.29, 1.82) is 0 Å². The van der Waals surface area contributed by atoms with Crippen LogP contribution in [-0.4, -0.2) is 20.0 Å². The fraction of sp³-hybridized carbons (Fsp3) is 0.250. The second-order valence-corrected chi connectivity index (χ2v) is 6.21. The van der Waals surface area contributed by atoms with E-state index < -0.39 is 0 Å². The van der Waals surface area contributed by atoms with Crippen molar-refractivity contribution in [2.75, 3.05) is 19.5 Å². The third kappa shape index (κ3) is 4.77. The van der Waals surface area contributed by atoms with Gasteiger partial charge in [-0.1, -0.05) is 49.7 Å². The van der Waals surface area contributed by atoms with Crippen molar-refractivity contribution in [3.8, 4) is 11.5 Å². The molecule has 0 amide bonds. The van der Waals surface area contributed by atoms with Gasteiger partial charge in [0.05, 0.1) is 24.9 Å². The van der Waals surface area contributed by atoms with Crippen molar-refractivity contribution < 1.29 is 14.3 Å². The van der Waals surface area contributed by atoms with E-state index in [1.165, 1.54) is 18.7 Å². The lowest BCUT2D eigenvalue weighted by Crippen LogP contribution is -1.99. The molecular formula is C20H22ClNO3. The monoisotopic (exact) mass is 359 g/mol. The first-order chi connectivity index (χ1) is 12.0. The van der Waals surface area contributed by atoms with Crippen LogP contribution in [0.1, 0.15) is 35.7 Å². The maximum absolute atomic E-state index is 12.2. The quantitative estimate of drug-likeness (QED) is 0.539.